The molecule has 0 spiro atoms. The molecule has 2 N–H and O–H groups in total. The molecule has 0 aliphatic carbocycles. The summed E-state index contributed by atoms with van der Waals surface area (Å²) in [7, 11) is 1.88. The number of nitrogens with two attached hydrogens (primary N) is 1. The summed E-state index contributed by atoms with van der Waals surface area (Å²) in [5, 5.41) is 4.35. The van der Waals surface area contributed by atoms with E-state index in [2.05, 4.69) is 23.8 Å². The molecule has 0 saturated carbocycles. The Morgan fingerprint density at radius 1 is 1.47 bits per heavy atom. The van der Waals surface area contributed by atoms with Crippen molar-refractivity contribution in [2.24, 2.45) is 7.05 Å². The van der Waals surface area contributed by atoms with Gasteiger partial charge in [-0.1, -0.05) is 0 Å². The van der Waals surface area contributed by atoms with Crippen molar-refractivity contribution in [3.63, 3.8) is 0 Å². The van der Waals surface area contributed by atoms with Crippen LogP contribution in [0.3, 0.4) is 0 Å². The Morgan fingerprint density at radius 3 is 2.71 bits per heavy atom. The number of morpholine rings is 1. The SMILES string of the molecule is Cc1nn(C)c(N)c1CN1CCOC(C)(C)C1. The van der Waals surface area contributed by atoms with Crippen molar-refractivity contribution in [3.05, 3.63) is 11.3 Å². The Balaban J connectivity index is 2.10. The number of ether oxygens (including phenoxy) is 1. The van der Waals surface area contributed by atoms with Crippen molar-refractivity contribution in [2.75, 3.05) is 25.4 Å². The van der Waals surface area contributed by atoms with E-state index in [1.807, 2.05) is 14.0 Å². The lowest BCUT2D eigenvalue weighted by molar-refractivity contribution is -0.0882. The third-order valence-electron chi connectivity index (χ3n) is 3.28. The lowest BCUT2D eigenvalue weighted by Crippen LogP contribution is -2.47. The second-order valence-electron chi connectivity index (χ2n) is 5.39. The molecule has 5 heteroatoms. The van der Waals surface area contributed by atoms with Crippen LogP contribution in [0.15, 0.2) is 0 Å². The van der Waals surface area contributed by atoms with Gasteiger partial charge in [-0.3, -0.25) is 9.58 Å². The summed E-state index contributed by atoms with van der Waals surface area (Å²) in [5.41, 5.74) is 8.13. The van der Waals surface area contributed by atoms with Gasteiger partial charge in [0, 0.05) is 32.2 Å². The third kappa shape index (κ3) is 2.61. The van der Waals surface area contributed by atoms with Crippen LogP contribution in [0.25, 0.3) is 0 Å². The van der Waals surface area contributed by atoms with Crippen molar-refractivity contribution >= 4 is 5.82 Å². The standard InChI is InChI=1S/C12H22N4O/c1-9-10(11(13)15(4)14-9)7-16-5-6-17-12(2,3)8-16/h5-8,13H2,1-4H3. The molecular weight excluding hydrogens is 216 g/mol. The first-order valence-electron chi connectivity index (χ1n) is 6.03. The smallest absolute Gasteiger partial charge is 0.126 e. The summed E-state index contributed by atoms with van der Waals surface area (Å²) >= 11 is 0. The second kappa shape index (κ2) is 4.31. The van der Waals surface area contributed by atoms with Crippen molar-refractivity contribution in [1.82, 2.24) is 14.7 Å². The Kier molecular flexibility index (Phi) is 3.14. The molecule has 0 atom stereocenters. The van der Waals surface area contributed by atoms with E-state index in [0.29, 0.717) is 0 Å². The molecule has 2 heterocycles. The number of anilines is 1. The minimum Gasteiger partial charge on any atom is -0.384 e. The lowest BCUT2D eigenvalue weighted by Gasteiger charge is -2.38. The van der Waals surface area contributed by atoms with Gasteiger partial charge in [-0.2, -0.15) is 5.10 Å². The molecule has 1 aromatic rings. The second-order valence-corrected chi connectivity index (χ2v) is 5.39. The molecule has 0 bridgehead atoms. The van der Waals surface area contributed by atoms with E-state index in [4.69, 9.17) is 10.5 Å². The summed E-state index contributed by atoms with van der Waals surface area (Å²) in [6.07, 6.45) is 0. The first-order valence-corrected chi connectivity index (χ1v) is 6.03. The van der Waals surface area contributed by atoms with Crippen LogP contribution in [0.2, 0.25) is 0 Å². The topological polar surface area (TPSA) is 56.3 Å². The third-order valence-corrected chi connectivity index (χ3v) is 3.28. The Hall–Kier alpha value is -1.07. The molecule has 96 valence electrons. The van der Waals surface area contributed by atoms with E-state index in [0.717, 1.165) is 43.3 Å². The van der Waals surface area contributed by atoms with Gasteiger partial charge in [0.05, 0.1) is 17.9 Å². The summed E-state index contributed by atoms with van der Waals surface area (Å²) < 4.78 is 7.45. The average molecular weight is 238 g/mol. The Labute approximate surface area is 103 Å². The van der Waals surface area contributed by atoms with Crippen LogP contribution < -0.4 is 5.73 Å². The van der Waals surface area contributed by atoms with Gasteiger partial charge in [0.1, 0.15) is 5.82 Å². The number of hydrogen-bond donors (Lipinski definition) is 1. The minimum atomic E-state index is -0.0663. The fraction of sp³-hybridized carbons (Fsp3) is 0.750. The van der Waals surface area contributed by atoms with Gasteiger partial charge in [-0.25, -0.2) is 0 Å². The number of hydrogen-bond acceptors (Lipinski definition) is 4. The number of nitrogens with zero attached hydrogens (tertiary/aromatic N) is 3. The maximum absolute atomic E-state index is 6.03. The Morgan fingerprint density at radius 2 is 2.18 bits per heavy atom. The van der Waals surface area contributed by atoms with E-state index in [-0.39, 0.29) is 5.60 Å². The van der Waals surface area contributed by atoms with Gasteiger partial charge in [-0.05, 0) is 20.8 Å². The number of aryl methyl sites for hydroxylation is 2. The highest BCUT2D eigenvalue weighted by atomic mass is 16.5. The van der Waals surface area contributed by atoms with Gasteiger partial charge >= 0.3 is 0 Å². The molecule has 1 aromatic heterocycles. The molecule has 2 rings (SSSR count). The fourth-order valence-electron chi connectivity index (χ4n) is 2.39. The van der Waals surface area contributed by atoms with Crippen LogP contribution in [0.5, 0.6) is 0 Å². The van der Waals surface area contributed by atoms with Crippen molar-refractivity contribution in [1.29, 1.82) is 0 Å². The monoisotopic (exact) mass is 238 g/mol. The molecule has 0 unspecified atom stereocenters. The zero-order valence-electron chi connectivity index (χ0n) is 11.2. The van der Waals surface area contributed by atoms with E-state index < -0.39 is 0 Å². The molecule has 1 saturated heterocycles. The van der Waals surface area contributed by atoms with Crippen LogP contribution in [-0.2, 0) is 18.3 Å². The molecule has 1 aliphatic rings. The predicted molar refractivity (Wildman–Crippen MR) is 67.7 cm³/mol. The van der Waals surface area contributed by atoms with E-state index >= 15 is 0 Å². The minimum absolute atomic E-state index is 0.0663. The van der Waals surface area contributed by atoms with Crippen molar-refractivity contribution in [3.8, 4) is 0 Å². The van der Waals surface area contributed by atoms with E-state index in [1.165, 1.54) is 0 Å². The largest absolute Gasteiger partial charge is 0.384 e. The van der Waals surface area contributed by atoms with E-state index in [1.54, 1.807) is 4.68 Å². The number of nitrogen functional groups attached to an aromatic ring is 1. The normalized spacial score (nSPS) is 20.7. The zero-order valence-corrected chi connectivity index (χ0v) is 11.2. The molecule has 0 radical (unpaired) electrons. The first kappa shape index (κ1) is 12.4. The Bertz CT molecular complexity index is 411. The zero-order chi connectivity index (χ0) is 12.6. The van der Waals surface area contributed by atoms with Crippen molar-refractivity contribution < 1.29 is 4.74 Å². The van der Waals surface area contributed by atoms with Crippen LogP contribution in [-0.4, -0.2) is 40.0 Å². The lowest BCUT2D eigenvalue weighted by atomic mass is 10.1. The van der Waals surface area contributed by atoms with Gasteiger partial charge in [0.15, 0.2) is 0 Å². The quantitative estimate of drug-likeness (QED) is 0.832. The molecule has 0 aromatic carbocycles. The van der Waals surface area contributed by atoms with Gasteiger partial charge in [0.25, 0.3) is 0 Å². The highest BCUT2D eigenvalue weighted by molar-refractivity contribution is 5.42. The van der Waals surface area contributed by atoms with Crippen LogP contribution in [0.4, 0.5) is 5.82 Å². The number of aromatic nitrogens is 2. The van der Waals surface area contributed by atoms with Gasteiger partial charge < -0.3 is 10.5 Å². The summed E-state index contributed by atoms with van der Waals surface area (Å²) in [6, 6.07) is 0. The molecule has 1 aliphatic heterocycles. The highest BCUT2D eigenvalue weighted by Gasteiger charge is 2.28. The molecular formula is C12H22N4O. The summed E-state index contributed by atoms with van der Waals surface area (Å²) in [6.45, 7) is 9.79. The maximum atomic E-state index is 6.03. The number of rotatable bonds is 2. The molecule has 17 heavy (non-hydrogen) atoms. The molecule has 1 fully saturated rings. The van der Waals surface area contributed by atoms with Crippen LogP contribution >= 0.6 is 0 Å². The van der Waals surface area contributed by atoms with Crippen LogP contribution in [0.1, 0.15) is 25.1 Å². The van der Waals surface area contributed by atoms with Crippen LogP contribution in [0, 0.1) is 6.92 Å². The predicted octanol–water partition coefficient (Wildman–Crippen LogP) is 0.922. The summed E-state index contributed by atoms with van der Waals surface area (Å²) in [4.78, 5) is 2.38. The average Bonchev–Trinajstić information content (AvgIpc) is 2.44. The van der Waals surface area contributed by atoms with Gasteiger partial charge in [0.2, 0.25) is 0 Å². The molecule has 0 amide bonds. The maximum Gasteiger partial charge on any atom is 0.126 e. The van der Waals surface area contributed by atoms with Crippen molar-refractivity contribution in [2.45, 2.75) is 32.9 Å². The fourth-order valence-corrected chi connectivity index (χ4v) is 2.39. The molecule has 5 nitrogen and oxygen atoms in total. The first-order chi connectivity index (χ1) is 7.89. The van der Waals surface area contributed by atoms with Gasteiger partial charge in [-0.15, -0.1) is 0 Å². The van der Waals surface area contributed by atoms with E-state index in [9.17, 15) is 0 Å². The highest BCUT2D eigenvalue weighted by Crippen LogP contribution is 2.22. The summed E-state index contributed by atoms with van der Waals surface area (Å²) in [5.74, 6) is 0.770.